The zero-order valence-electron chi connectivity index (χ0n) is 15.8. The Bertz CT molecular complexity index is 1370. The van der Waals surface area contributed by atoms with Gasteiger partial charge in [0, 0.05) is 28.7 Å². The summed E-state index contributed by atoms with van der Waals surface area (Å²) in [6, 6.07) is 4.95. The minimum absolute atomic E-state index is 0.0560. The van der Waals surface area contributed by atoms with Crippen LogP contribution in [0.5, 0.6) is 5.75 Å². The number of hydrogen-bond donors (Lipinski definition) is 3. The molecule has 9 nitrogen and oxygen atoms in total. The fraction of sp³-hybridized carbons (Fsp3) is 0.105. The van der Waals surface area contributed by atoms with Gasteiger partial charge in [0.05, 0.1) is 5.56 Å². The van der Waals surface area contributed by atoms with Gasteiger partial charge in [0.1, 0.15) is 29.2 Å². The number of aromatic hydroxyl groups is 1. The van der Waals surface area contributed by atoms with E-state index in [1.807, 2.05) is 0 Å². The van der Waals surface area contributed by atoms with E-state index < -0.39 is 35.9 Å². The molecule has 0 aliphatic heterocycles. The molecule has 164 valence electrons. The first kappa shape index (κ1) is 21.4. The van der Waals surface area contributed by atoms with Gasteiger partial charge >= 0.3 is 12.1 Å². The maximum Gasteiger partial charge on any atom is 0.417 e. The molecule has 0 aliphatic rings. The third kappa shape index (κ3) is 3.89. The van der Waals surface area contributed by atoms with Crippen LogP contribution in [0.4, 0.5) is 13.2 Å². The summed E-state index contributed by atoms with van der Waals surface area (Å²) in [7, 11) is 0. The molecule has 0 aliphatic carbocycles. The van der Waals surface area contributed by atoms with E-state index in [1.54, 1.807) is 0 Å². The maximum absolute atomic E-state index is 13.4. The molecule has 0 atom stereocenters. The molecular weight excluding hydrogens is 451 g/mol. The van der Waals surface area contributed by atoms with Crippen LogP contribution >= 0.6 is 11.8 Å². The smallest absolute Gasteiger partial charge is 0.417 e. The molecule has 4 rings (SSSR count). The van der Waals surface area contributed by atoms with Gasteiger partial charge < -0.3 is 15.5 Å². The molecule has 0 unspecified atom stereocenters. The number of aliphatic carboxylic acids is 1. The number of carbonyl (C=O) groups excluding carboxylic acids is 1. The molecule has 4 aromatic rings. The minimum atomic E-state index is -4.56. The molecule has 0 spiro atoms. The Labute approximate surface area is 180 Å². The van der Waals surface area contributed by atoms with Gasteiger partial charge in [-0.25, -0.2) is 9.50 Å². The highest BCUT2D eigenvalue weighted by Gasteiger charge is 2.32. The van der Waals surface area contributed by atoms with Crippen molar-refractivity contribution in [3.63, 3.8) is 0 Å². The average Bonchev–Trinajstić information content (AvgIpc) is 3.21. The number of halogens is 3. The Balaban J connectivity index is 1.79. The molecule has 0 saturated carbocycles. The number of pyridine rings is 2. The van der Waals surface area contributed by atoms with Crippen molar-refractivity contribution in [3.8, 4) is 5.75 Å². The first-order chi connectivity index (χ1) is 15.2. The molecule has 3 N–H and O–H groups in total. The summed E-state index contributed by atoms with van der Waals surface area (Å²) in [5, 5.41) is 25.7. The van der Waals surface area contributed by atoms with Gasteiger partial charge in [-0.15, -0.1) is 0 Å². The number of alkyl halides is 3. The third-order valence-electron chi connectivity index (χ3n) is 4.41. The average molecular weight is 463 g/mol. The monoisotopic (exact) mass is 463 g/mol. The SMILES string of the molecule is O=C(O)CNC(=O)c1c(O)cc(Sc2cncc3c(C(F)(F)F)cccc23)n2ncnc12. The highest BCUT2D eigenvalue weighted by atomic mass is 32.2. The van der Waals surface area contributed by atoms with E-state index in [-0.39, 0.29) is 27.0 Å². The van der Waals surface area contributed by atoms with E-state index in [0.717, 1.165) is 30.4 Å². The molecule has 0 fully saturated rings. The van der Waals surface area contributed by atoms with Crippen LogP contribution in [0.2, 0.25) is 0 Å². The standard InChI is InChI=1S/C19H12F3N5O4S/c20-19(21,22)11-3-1-2-9-10(11)5-23-6-13(9)32-14-4-12(28)16(17-25-8-26-27(14)17)18(31)24-7-15(29)30/h1-6,8,28H,7H2,(H,24,31)(H,29,30). The first-order valence-electron chi connectivity index (χ1n) is 8.84. The lowest BCUT2D eigenvalue weighted by Crippen LogP contribution is -2.29. The summed E-state index contributed by atoms with van der Waals surface area (Å²) in [5.41, 5.74) is -1.17. The molecule has 1 aromatic carbocycles. The minimum Gasteiger partial charge on any atom is -0.507 e. The molecule has 0 bridgehead atoms. The van der Waals surface area contributed by atoms with Crippen molar-refractivity contribution in [1.82, 2.24) is 24.9 Å². The van der Waals surface area contributed by atoms with Crippen LogP contribution in [0.15, 0.2) is 52.9 Å². The molecule has 0 saturated heterocycles. The second-order valence-electron chi connectivity index (χ2n) is 6.45. The summed E-state index contributed by atoms with van der Waals surface area (Å²) in [6.07, 6.45) is -0.941. The second kappa shape index (κ2) is 8.00. The lowest BCUT2D eigenvalue weighted by Gasteiger charge is -2.13. The van der Waals surface area contributed by atoms with E-state index in [1.165, 1.54) is 28.9 Å². The van der Waals surface area contributed by atoms with Crippen molar-refractivity contribution in [2.24, 2.45) is 0 Å². The van der Waals surface area contributed by atoms with E-state index in [0.29, 0.717) is 4.90 Å². The first-order valence-corrected chi connectivity index (χ1v) is 9.66. The number of fused-ring (bicyclic) bond motifs is 2. The Kier molecular flexibility index (Phi) is 5.34. The van der Waals surface area contributed by atoms with Gasteiger partial charge in [-0.2, -0.15) is 18.3 Å². The molecular formula is C19H12F3N5O4S. The number of carboxylic acid groups (broad SMARTS) is 1. The number of carboxylic acids is 1. The van der Waals surface area contributed by atoms with Crippen molar-refractivity contribution in [3.05, 3.63) is 54.1 Å². The van der Waals surface area contributed by atoms with Gasteiger partial charge in [0.2, 0.25) is 0 Å². The van der Waals surface area contributed by atoms with E-state index in [4.69, 9.17) is 5.11 Å². The number of hydrogen-bond acceptors (Lipinski definition) is 7. The van der Waals surface area contributed by atoms with Crippen molar-refractivity contribution in [2.75, 3.05) is 6.54 Å². The van der Waals surface area contributed by atoms with Crippen LogP contribution in [-0.2, 0) is 11.0 Å². The number of rotatable bonds is 5. The number of nitrogens with zero attached hydrogens (tertiary/aromatic N) is 4. The van der Waals surface area contributed by atoms with Gasteiger partial charge in [-0.3, -0.25) is 14.6 Å². The quantitative estimate of drug-likeness (QED) is 0.412. The van der Waals surface area contributed by atoms with Crippen molar-refractivity contribution in [1.29, 1.82) is 0 Å². The number of aromatic nitrogens is 4. The third-order valence-corrected chi connectivity index (χ3v) is 5.46. The molecule has 3 aromatic heterocycles. The van der Waals surface area contributed by atoms with Crippen LogP contribution in [-0.4, -0.2) is 48.2 Å². The summed E-state index contributed by atoms with van der Waals surface area (Å²) in [6.45, 7) is -0.668. The fourth-order valence-corrected chi connectivity index (χ4v) is 4.10. The number of amides is 1. The van der Waals surface area contributed by atoms with Crippen molar-refractivity contribution in [2.45, 2.75) is 16.1 Å². The van der Waals surface area contributed by atoms with Crippen molar-refractivity contribution < 1.29 is 33.0 Å². The Morgan fingerprint density at radius 2 is 1.97 bits per heavy atom. The molecule has 1 amide bonds. The summed E-state index contributed by atoms with van der Waals surface area (Å²) in [4.78, 5) is 31.2. The Morgan fingerprint density at radius 3 is 2.69 bits per heavy atom. The Hall–Kier alpha value is -3.87. The van der Waals surface area contributed by atoms with Crippen LogP contribution in [0.1, 0.15) is 15.9 Å². The zero-order valence-corrected chi connectivity index (χ0v) is 16.6. The zero-order chi connectivity index (χ0) is 23.0. The lowest BCUT2D eigenvalue weighted by atomic mass is 10.1. The van der Waals surface area contributed by atoms with Gasteiger partial charge in [0.15, 0.2) is 5.65 Å². The molecule has 13 heteroatoms. The Morgan fingerprint density at radius 1 is 1.19 bits per heavy atom. The summed E-state index contributed by atoms with van der Waals surface area (Å²) >= 11 is 0.968. The largest absolute Gasteiger partial charge is 0.507 e. The summed E-state index contributed by atoms with van der Waals surface area (Å²) in [5.74, 6) is -2.65. The van der Waals surface area contributed by atoms with Crippen molar-refractivity contribution >= 4 is 40.1 Å². The van der Waals surface area contributed by atoms with Gasteiger partial charge in [0.25, 0.3) is 5.91 Å². The van der Waals surface area contributed by atoms with E-state index in [2.05, 4.69) is 20.4 Å². The predicted molar refractivity (Wildman–Crippen MR) is 105 cm³/mol. The predicted octanol–water partition coefficient (Wildman–Crippen LogP) is 2.97. The van der Waals surface area contributed by atoms with Crippen LogP contribution in [0.3, 0.4) is 0 Å². The van der Waals surface area contributed by atoms with Gasteiger partial charge in [-0.05, 0) is 11.5 Å². The summed E-state index contributed by atoms with van der Waals surface area (Å²) < 4.78 is 41.3. The lowest BCUT2D eigenvalue weighted by molar-refractivity contribution is -0.137. The number of benzene rings is 1. The topological polar surface area (TPSA) is 130 Å². The fourth-order valence-electron chi connectivity index (χ4n) is 3.08. The highest BCUT2D eigenvalue weighted by Crippen LogP contribution is 2.40. The van der Waals surface area contributed by atoms with Crippen LogP contribution in [0, 0.1) is 0 Å². The highest BCUT2D eigenvalue weighted by molar-refractivity contribution is 7.99. The van der Waals surface area contributed by atoms with Gasteiger partial charge in [-0.1, -0.05) is 23.9 Å². The maximum atomic E-state index is 13.4. The normalized spacial score (nSPS) is 11.7. The van der Waals surface area contributed by atoms with E-state index in [9.17, 15) is 27.9 Å². The molecule has 3 heterocycles. The molecule has 0 radical (unpaired) electrons. The van der Waals surface area contributed by atoms with Crippen LogP contribution in [0.25, 0.3) is 16.4 Å². The van der Waals surface area contributed by atoms with E-state index >= 15 is 0 Å². The molecule has 32 heavy (non-hydrogen) atoms. The number of carbonyl (C=O) groups is 2. The second-order valence-corrected chi connectivity index (χ2v) is 7.52. The number of nitrogens with one attached hydrogen (secondary N) is 1. The van der Waals surface area contributed by atoms with Crippen LogP contribution < -0.4 is 5.32 Å².